The van der Waals surface area contributed by atoms with Crippen molar-refractivity contribution >= 4 is 17.7 Å². The van der Waals surface area contributed by atoms with Gasteiger partial charge in [-0.15, -0.1) is 0 Å². The van der Waals surface area contributed by atoms with Crippen LogP contribution in [0.4, 0.5) is 0 Å². The Labute approximate surface area is 139 Å². The topological polar surface area (TPSA) is 92.6 Å². The van der Waals surface area contributed by atoms with Gasteiger partial charge in [-0.2, -0.15) is 0 Å². The molecule has 0 spiro atoms. The first-order valence-corrected chi connectivity index (χ1v) is 7.41. The Morgan fingerprint density at radius 1 is 1.29 bits per heavy atom. The molecule has 0 aromatic carbocycles. The van der Waals surface area contributed by atoms with Crippen molar-refractivity contribution in [1.82, 2.24) is 9.88 Å². The van der Waals surface area contributed by atoms with Crippen molar-refractivity contribution in [3.8, 4) is 0 Å². The smallest absolute Gasteiger partial charge is 0.354 e. The summed E-state index contributed by atoms with van der Waals surface area (Å²) >= 11 is 0. The van der Waals surface area contributed by atoms with E-state index >= 15 is 0 Å². The van der Waals surface area contributed by atoms with E-state index in [4.69, 9.17) is 9.15 Å². The molecule has 0 saturated carbocycles. The van der Waals surface area contributed by atoms with E-state index in [-0.39, 0.29) is 23.1 Å². The van der Waals surface area contributed by atoms with Gasteiger partial charge in [0.15, 0.2) is 11.5 Å². The number of nitrogens with zero attached hydrogens (tertiary/aromatic N) is 1. The Bertz CT molecular complexity index is 773. The number of hydrogen-bond donors (Lipinski definition) is 1. The van der Waals surface area contributed by atoms with Crippen molar-refractivity contribution in [2.75, 3.05) is 14.2 Å². The van der Waals surface area contributed by atoms with Crippen LogP contribution < -0.4 is 0 Å². The highest BCUT2D eigenvalue weighted by Crippen LogP contribution is 2.22. The fraction of sp³-hybridized carbons (Fsp3) is 0.353. The molecule has 0 aliphatic rings. The monoisotopic (exact) mass is 332 g/mol. The predicted molar refractivity (Wildman–Crippen MR) is 86.2 cm³/mol. The second kappa shape index (κ2) is 6.74. The summed E-state index contributed by atoms with van der Waals surface area (Å²) in [6.07, 6.45) is 1.40. The van der Waals surface area contributed by atoms with Crippen LogP contribution in [0.3, 0.4) is 0 Å². The lowest BCUT2D eigenvalue weighted by atomic mass is 10.00. The second-order valence-electron chi connectivity index (χ2n) is 5.55. The number of ketones is 1. The lowest BCUT2D eigenvalue weighted by molar-refractivity contribution is 0.0593. The molecule has 2 rings (SSSR count). The summed E-state index contributed by atoms with van der Waals surface area (Å²) in [6.45, 7) is 5.00. The van der Waals surface area contributed by atoms with Crippen LogP contribution in [0.15, 0.2) is 22.8 Å². The number of nitrogens with one attached hydrogen (secondary N) is 1. The van der Waals surface area contributed by atoms with Gasteiger partial charge in [-0.1, -0.05) is 0 Å². The molecule has 128 valence electrons. The number of H-pyrrole nitrogens is 1. The number of aromatic amines is 1. The average molecular weight is 332 g/mol. The third-order valence-electron chi connectivity index (χ3n) is 4.09. The first kappa shape index (κ1) is 17.5. The summed E-state index contributed by atoms with van der Waals surface area (Å²) in [5, 5.41) is 0. The Morgan fingerprint density at radius 2 is 1.96 bits per heavy atom. The highest BCUT2D eigenvalue weighted by atomic mass is 16.5. The quantitative estimate of drug-likeness (QED) is 0.670. The molecule has 1 N–H and O–H groups in total. The number of aryl methyl sites for hydroxylation is 1. The summed E-state index contributed by atoms with van der Waals surface area (Å²) in [7, 11) is 2.81. The fourth-order valence-corrected chi connectivity index (χ4v) is 2.56. The number of carbonyl (C=O) groups excluding carboxylic acids is 3. The maximum Gasteiger partial charge on any atom is 0.354 e. The molecule has 0 bridgehead atoms. The Hall–Kier alpha value is -2.83. The summed E-state index contributed by atoms with van der Waals surface area (Å²) in [4.78, 5) is 41.1. The Morgan fingerprint density at radius 3 is 2.50 bits per heavy atom. The number of Topliss-reactive ketones (excluding diaryl/α,β-unsaturated/α-hetero) is 1. The number of carbonyl (C=O) groups is 3. The van der Waals surface area contributed by atoms with E-state index in [9.17, 15) is 14.4 Å². The van der Waals surface area contributed by atoms with E-state index in [2.05, 4.69) is 4.98 Å². The third-order valence-corrected chi connectivity index (χ3v) is 4.09. The third kappa shape index (κ3) is 2.97. The van der Waals surface area contributed by atoms with Crippen LogP contribution >= 0.6 is 0 Å². The van der Waals surface area contributed by atoms with Gasteiger partial charge in [0.25, 0.3) is 5.91 Å². The molecule has 0 fully saturated rings. The molecule has 7 nitrogen and oxygen atoms in total. The number of esters is 1. The van der Waals surface area contributed by atoms with Crippen LogP contribution in [0, 0.1) is 13.8 Å². The van der Waals surface area contributed by atoms with Crippen molar-refractivity contribution in [3.05, 3.63) is 46.7 Å². The van der Waals surface area contributed by atoms with Gasteiger partial charge in [0.05, 0.1) is 19.4 Å². The van der Waals surface area contributed by atoms with E-state index in [0.29, 0.717) is 16.8 Å². The Balaban J connectivity index is 2.30. The SMILES string of the molecule is COC(=O)c1[nH]c(C)c(C(=O)C(C)N(C)C(=O)c2ccco2)c1C. The van der Waals surface area contributed by atoms with E-state index in [0.717, 1.165) is 0 Å². The predicted octanol–water partition coefficient (Wildman–Crippen LogP) is 2.35. The molecule has 2 aromatic heterocycles. The van der Waals surface area contributed by atoms with Crippen molar-refractivity contribution in [3.63, 3.8) is 0 Å². The maximum atomic E-state index is 12.8. The molecular weight excluding hydrogens is 312 g/mol. The summed E-state index contributed by atoms with van der Waals surface area (Å²) in [5.41, 5.74) is 1.70. The zero-order valence-corrected chi connectivity index (χ0v) is 14.3. The van der Waals surface area contributed by atoms with E-state index in [1.54, 1.807) is 26.8 Å². The van der Waals surface area contributed by atoms with Crippen LogP contribution in [0.1, 0.15) is 49.6 Å². The number of amides is 1. The van der Waals surface area contributed by atoms with Gasteiger partial charge in [0.2, 0.25) is 0 Å². The van der Waals surface area contributed by atoms with Crippen LogP contribution in [-0.4, -0.2) is 47.7 Å². The molecule has 0 saturated heterocycles. The number of likely N-dealkylation sites (N-methyl/N-ethyl adjacent to an activating group) is 1. The van der Waals surface area contributed by atoms with E-state index in [1.165, 1.54) is 31.4 Å². The van der Waals surface area contributed by atoms with Crippen LogP contribution in [0.5, 0.6) is 0 Å². The number of aromatic nitrogens is 1. The first-order valence-electron chi connectivity index (χ1n) is 7.41. The van der Waals surface area contributed by atoms with Gasteiger partial charge in [0.1, 0.15) is 5.69 Å². The zero-order valence-electron chi connectivity index (χ0n) is 14.3. The highest BCUT2D eigenvalue weighted by Gasteiger charge is 2.30. The summed E-state index contributed by atoms with van der Waals surface area (Å²) < 4.78 is 9.78. The number of rotatable bonds is 5. The molecule has 2 aromatic rings. The van der Waals surface area contributed by atoms with Crippen LogP contribution in [-0.2, 0) is 4.74 Å². The van der Waals surface area contributed by atoms with Gasteiger partial charge in [0, 0.05) is 18.3 Å². The average Bonchev–Trinajstić information content (AvgIpc) is 3.20. The van der Waals surface area contributed by atoms with Crippen LogP contribution in [0.25, 0.3) is 0 Å². The molecule has 0 aliphatic carbocycles. The normalized spacial score (nSPS) is 11.9. The molecule has 7 heteroatoms. The molecular formula is C17H20N2O5. The van der Waals surface area contributed by atoms with Gasteiger partial charge < -0.3 is 19.0 Å². The standard InChI is InChI=1S/C17H20N2O5/c1-9-13(10(2)18-14(9)17(22)23-5)15(20)11(3)19(4)16(21)12-7-6-8-24-12/h6-8,11,18H,1-5H3. The highest BCUT2D eigenvalue weighted by molar-refractivity contribution is 6.07. The zero-order chi connectivity index (χ0) is 18.0. The number of hydrogen-bond acceptors (Lipinski definition) is 5. The molecule has 1 unspecified atom stereocenters. The van der Waals surface area contributed by atoms with Crippen molar-refractivity contribution < 1.29 is 23.5 Å². The van der Waals surface area contributed by atoms with Gasteiger partial charge in [-0.05, 0) is 38.5 Å². The minimum Gasteiger partial charge on any atom is -0.464 e. The van der Waals surface area contributed by atoms with Gasteiger partial charge in [-0.25, -0.2) is 4.79 Å². The van der Waals surface area contributed by atoms with Crippen molar-refractivity contribution in [1.29, 1.82) is 0 Å². The second-order valence-corrected chi connectivity index (χ2v) is 5.55. The van der Waals surface area contributed by atoms with Gasteiger partial charge >= 0.3 is 5.97 Å². The largest absolute Gasteiger partial charge is 0.464 e. The minimum absolute atomic E-state index is 0.162. The van der Waals surface area contributed by atoms with E-state index < -0.39 is 12.0 Å². The summed E-state index contributed by atoms with van der Waals surface area (Å²) in [6, 6.07) is 2.43. The molecule has 2 heterocycles. The molecule has 1 atom stereocenters. The fourth-order valence-electron chi connectivity index (χ4n) is 2.56. The minimum atomic E-state index is -0.721. The maximum absolute atomic E-state index is 12.8. The van der Waals surface area contributed by atoms with Crippen molar-refractivity contribution in [2.24, 2.45) is 0 Å². The van der Waals surface area contributed by atoms with E-state index in [1.807, 2.05) is 0 Å². The lowest BCUT2D eigenvalue weighted by Gasteiger charge is -2.23. The number of furan rings is 1. The number of methoxy groups -OCH3 is 1. The number of ether oxygens (including phenoxy) is 1. The molecule has 0 aliphatic heterocycles. The van der Waals surface area contributed by atoms with Crippen molar-refractivity contribution in [2.45, 2.75) is 26.8 Å². The van der Waals surface area contributed by atoms with Crippen LogP contribution in [0.2, 0.25) is 0 Å². The lowest BCUT2D eigenvalue weighted by Crippen LogP contribution is -2.40. The Kier molecular flexibility index (Phi) is 4.92. The first-order chi connectivity index (χ1) is 11.3. The molecule has 0 radical (unpaired) electrons. The summed E-state index contributed by atoms with van der Waals surface area (Å²) in [5.74, 6) is -1.03. The molecule has 24 heavy (non-hydrogen) atoms. The molecule has 1 amide bonds. The van der Waals surface area contributed by atoms with Gasteiger partial charge in [-0.3, -0.25) is 9.59 Å².